The van der Waals surface area contributed by atoms with Gasteiger partial charge in [0.05, 0.1) is 24.7 Å². The van der Waals surface area contributed by atoms with E-state index in [-0.39, 0.29) is 12.6 Å². The lowest BCUT2D eigenvalue weighted by molar-refractivity contribution is 0.263. The molecule has 0 aromatic carbocycles. The van der Waals surface area contributed by atoms with Crippen LogP contribution in [0.3, 0.4) is 0 Å². The van der Waals surface area contributed by atoms with Crippen molar-refractivity contribution in [1.82, 2.24) is 9.55 Å². The van der Waals surface area contributed by atoms with E-state index in [2.05, 4.69) is 18.8 Å². The molecule has 0 aliphatic rings. The maximum atomic E-state index is 9.01. The molecule has 4 heteroatoms. The molecular formula is C12H23N3O. The first-order valence-corrected chi connectivity index (χ1v) is 6.01. The van der Waals surface area contributed by atoms with Gasteiger partial charge in [0.1, 0.15) is 0 Å². The van der Waals surface area contributed by atoms with Crippen molar-refractivity contribution in [2.75, 3.05) is 6.61 Å². The Kier molecular flexibility index (Phi) is 5.49. The Labute approximate surface area is 97.5 Å². The molecule has 1 unspecified atom stereocenters. The second-order valence-electron chi connectivity index (χ2n) is 4.69. The highest BCUT2D eigenvalue weighted by Crippen LogP contribution is 2.12. The van der Waals surface area contributed by atoms with Crippen LogP contribution in [0.4, 0.5) is 0 Å². The molecule has 1 heterocycles. The lowest BCUT2D eigenvalue weighted by Crippen LogP contribution is -2.18. The van der Waals surface area contributed by atoms with Gasteiger partial charge in [-0.25, -0.2) is 4.98 Å². The van der Waals surface area contributed by atoms with Gasteiger partial charge in [0.25, 0.3) is 0 Å². The van der Waals surface area contributed by atoms with Crippen LogP contribution in [0.5, 0.6) is 0 Å². The quantitative estimate of drug-likeness (QED) is 0.694. The van der Waals surface area contributed by atoms with Crippen LogP contribution in [-0.4, -0.2) is 21.3 Å². The minimum absolute atomic E-state index is 0.0301. The zero-order valence-corrected chi connectivity index (χ0v) is 10.3. The van der Waals surface area contributed by atoms with E-state index in [1.165, 1.54) is 12.8 Å². The number of nitrogens with zero attached hydrogens (tertiary/aromatic N) is 2. The van der Waals surface area contributed by atoms with Crippen LogP contribution < -0.4 is 5.73 Å². The lowest BCUT2D eigenvalue weighted by atomic mass is 10.1. The third kappa shape index (κ3) is 3.94. The third-order valence-electron chi connectivity index (χ3n) is 2.75. The fourth-order valence-electron chi connectivity index (χ4n) is 1.75. The Morgan fingerprint density at radius 2 is 2.19 bits per heavy atom. The van der Waals surface area contributed by atoms with Crippen LogP contribution in [-0.2, 0) is 6.54 Å². The lowest BCUT2D eigenvalue weighted by Gasteiger charge is -2.12. The van der Waals surface area contributed by atoms with Crippen molar-refractivity contribution >= 4 is 0 Å². The number of aryl methyl sites for hydroxylation is 1. The maximum Gasteiger partial charge on any atom is 0.0948 e. The molecule has 1 aromatic rings. The van der Waals surface area contributed by atoms with E-state index in [1.807, 2.05) is 4.57 Å². The summed E-state index contributed by atoms with van der Waals surface area (Å²) in [5.74, 6) is 0.766. The summed E-state index contributed by atoms with van der Waals surface area (Å²) in [5, 5.41) is 9.01. The predicted molar refractivity (Wildman–Crippen MR) is 64.9 cm³/mol. The van der Waals surface area contributed by atoms with Crippen molar-refractivity contribution in [3.05, 3.63) is 18.2 Å². The molecule has 0 spiro atoms. The van der Waals surface area contributed by atoms with Gasteiger partial charge < -0.3 is 15.4 Å². The highest BCUT2D eigenvalue weighted by Gasteiger charge is 2.09. The molecule has 0 saturated heterocycles. The second-order valence-corrected chi connectivity index (χ2v) is 4.69. The fraction of sp³-hybridized carbons (Fsp3) is 0.750. The summed E-state index contributed by atoms with van der Waals surface area (Å²) < 4.78 is 2.04. The molecule has 0 radical (unpaired) electrons. The van der Waals surface area contributed by atoms with Gasteiger partial charge in [0, 0.05) is 12.7 Å². The van der Waals surface area contributed by atoms with E-state index < -0.39 is 0 Å². The number of aliphatic hydroxyl groups excluding tert-OH is 1. The molecule has 0 bridgehead atoms. The summed E-state index contributed by atoms with van der Waals surface area (Å²) in [6.07, 6.45) is 7.16. The van der Waals surface area contributed by atoms with Crippen LogP contribution in [0.1, 0.15) is 44.8 Å². The Bertz CT molecular complexity index is 296. The number of aromatic nitrogens is 2. The van der Waals surface area contributed by atoms with E-state index in [9.17, 15) is 0 Å². The molecule has 0 aliphatic heterocycles. The molecule has 1 atom stereocenters. The normalized spacial score (nSPS) is 13.3. The van der Waals surface area contributed by atoms with E-state index in [1.54, 1.807) is 12.5 Å². The first kappa shape index (κ1) is 13.2. The Hall–Kier alpha value is -0.870. The Balaban J connectivity index is 2.39. The number of aliphatic hydroxyl groups is 1. The van der Waals surface area contributed by atoms with Gasteiger partial charge in [0.2, 0.25) is 0 Å². The van der Waals surface area contributed by atoms with Gasteiger partial charge >= 0.3 is 0 Å². The van der Waals surface area contributed by atoms with Crippen LogP contribution in [0, 0.1) is 5.92 Å². The monoisotopic (exact) mass is 225 g/mol. The minimum Gasteiger partial charge on any atom is -0.394 e. The molecule has 1 rings (SSSR count). The standard InChI is InChI=1S/C12H23N3O/c1-10(2)5-3-4-6-15-9-14-7-12(15)11(13)8-16/h7,9-11,16H,3-6,8,13H2,1-2H3. The van der Waals surface area contributed by atoms with Crippen LogP contribution in [0.15, 0.2) is 12.5 Å². The summed E-state index contributed by atoms with van der Waals surface area (Å²) in [6, 6.07) is -0.312. The fourth-order valence-corrected chi connectivity index (χ4v) is 1.75. The molecule has 0 saturated carbocycles. The molecule has 92 valence electrons. The van der Waals surface area contributed by atoms with E-state index in [0.717, 1.165) is 24.6 Å². The van der Waals surface area contributed by atoms with E-state index >= 15 is 0 Å². The van der Waals surface area contributed by atoms with Crippen molar-refractivity contribution in [1.29, 1.82) is 0 Å². The van der Waals surface area contributed by atoms with Gasteiger partial charge in [0.15, 0.2) is 0 Å². The minimum atomic E-state index is -0.312. The van der Waals surface area contributed by atoms with Gasteiger partial charge in [-0.1, -0.05) is 26.7 Å². The summed E-state index contributed by atoms with van der Waals surface area (Å²) in [4.78, 5) is 4.08. The first-order valence-electron chi connectivity index (χ1n) is 6.01. The number of imidazole rings is 1. The predicted octanol–water partition coefficient (Wildman–Crippen LogP) is 1.70. The average Bonchev–Trinajstić information content (AvgIpc) is 2.71. The molecule has 4 nitrogen and oxygen atoms in total. The molecule has 3 N–H and O–H groups in total. The largest absolute Gasteiger partial charge is 0.394 e. The Morgan fingerprint density at radius 1 is 1.44 bits per heavy atom. The van der Waals surface area contributed by atoms with Gasteiger partial charge in [-0.05, 0) is 12.3 Å². The zero-order valence-electron chi connectivity index (χ0n) is 10.3. The van der Waals surface area contributed by atoms with Gasteiger partial charge in [-0.2, -0.15) is 0 Å². The summed E-state index contributed by atoms with van der Waals surface area (Å²) in [5.41, 5.74) is 6.70. The van der Waals surface area contributed by atoms with Crippen molar-refractivity contribution in [3.8, 4) is 0 Å². The van der Waals surface area contributed by atoms with Crippen molar-refractivity contribution in [3.63, 3.8) is 0 Å². The summed E-state index contributed by atoms with van der Waals surface area (Å²) in [7, 11) is 0. The molecule has 0 amide bonds. The first-order chi connectivity index (χ1) is 7.65. The van der Waals surface area contributed by atoms with Crippen LogP contribution >= 0.6 is 0 Å². The maximum absolute atomic E-state index is 9.01. The second kappa shape index (κ2) is 6.66. The number of unbranched alkanes of at least 4 members (excludes halogenated alkanes) is 1. The SMILES string of the molecule is CC(C)CCCCn1cncc1C(N)CO. The molecule has 16 heavy (non-hydrogen) atoms. The van der Waals surface area contributed by atoms with Crippen molar-refractivity contribution in [2.45, 2.75) is 45.7 Å². The van der Waals surface area contributed by atoms with E-state index in [0.29, 0.717) is 0 Å². The van der Waals surface area contributed by atoms with Gasteiger partial charge in [-0.15, -0.1) is 0 Å². The number of nitrogens with two attached hydrogens (primary N) is 1. The summed E-state index contributed by atoms with van der Waals surface area (Å²) >= 11 is 0. The van der Waals surface area contributed by atoms with E-state index in [4.69, 9.17) is 10.8 Å². The number of hydrogen-bond donors (Lipinski definition) is 2. The number of hydrogen-bond acceptors (Lipinski definition) is 3. The molecular weight excluding hydrogens is 202 g/mol. The average molecular weight is 225 g/mol. The summed E-state index contributed by atoms with van der Waals surface area (Å²) in [6.45, 7) is 5.39. The molecule has 0 fully saturated rings. The highest BCUT2D eigenvalue weighted by molar-refractivity contribution is 5.04. The molecule has 0 aliphatic carbocycles. The number of rotatable bonds is 7. The Morgan fingerprint density at radius 3 is 2.81 bits per heavy atom. The van der Waals surface area contributed by atoms with Crippen LogP contribution in [0.2, 0.25) is 0 Å². The van der Waals surface area contributed by atoms with Crippen molar-refractivity contribution in [2.24, 2.45) is 11.7 Å². The smallest absolute Gasteiger partial charge is 0.0948 e. The highest BCUT2D eigenvalue weighted by atomic mass is 16.3. The van der Waals surface area contributed by atoms with Gasteiger partial charge in [-0.3, -0.25) is 0 Å². The van der Waals surface area contributed by atoms with Crippen molar-refractivity contribution < 1.29 is 5.11 Å². The topological polar surface area (TPSA) is 64.1 Å². The van der Waals surface area contributed by atoms with Crippen LogP contribution in [0.25, 0.3) is 0 Å². The zero-order chi connectivity index (χ0) is 12.0. The third-order valence-corrected chi connectivity index (χ3v) is 2.75. The molecule has 1 aromatic heterocycles.